The molecule has 0 aliphatic carbocycles. The first-order valence-corrected chi connectivity index (χ1v) is 11.5. The summed E-state index contributed by atoms with van der Waals surface area (Å²) in [6.07, 6.45) is 0. The van der Waals surface area contributed by atoms with Gasteiger partial charge in [-0.2, -0.15) is 4.31 Å². The molecule has 0 bridgehead atoms. The summed E-state index contributed by atoms with van der Waals surface area (Å²) in [5.74, 6) is 0.193. The third-order valence-corrected chi connectivity index (χ3v) is 8.17. The quantitative estimate of drug-likeness (QED) is 0.625. The Morgan fingerprint density at radius 3 is 2.54 bits per heavy atom. The molecule has 3 N–H and O–H groups in total. The Hall–Kier alpha value is -1.65. The van der Waals surface area contributed by atoms with Gasteiger partial charge in [0.05, 0.1) is 12.6 Å². The van der Waals surface area contributed by atoms with Crippen LogP contribution >= 0.6 is 11.3 Å². The fourth-order valence-electron chi connectivity index (χ4n) is 3.19. The van der Waals surface area contributed by atoms with E-state index in [0.29, 0.717) is 30.4 Å². The molecule has 1 aliphatic rings. The molecule has 9 heteroatoms. The second kappa shape index (κ2) is 8.38. The Balaban J connectivity index is 1.83. The average Bonchev–Trinajstić information content (AvgIpc) is 3.23. The number of hydrogen-bond acceptors (Lipinski definition) is 7. The van der Waals surface area contributed by atoms with Crippen LogP contribution in [0.15, 0.2) is 46.0 Å². The van der Waals surface area contributed by atoms with Gasteiger partial charge < -0.3 is 20.4 Å². The fourth-order valence-corrected chi connectivity index (χ4v) is 5.80. The zero-order valence-electron chi connectivity index (χ0n) is 16.1. The van der Waals surface area contributed by atoms with Crippen LogP contribution in [0, 0.1) is 0 Å². The molecule has 28 heavy (non-hydrogen) atoms. The van der Waals surface area contributed by atoms with E-state index in [4.69, 9.17) is 0 Å². The number of rotatable bonds is 7. The molecular weight excluding hydrogens is 398 g/mol. The van der Waals surface area contributed by atoms with Crippen molar-refractivity contribution in [1.82, 2.24) is 9.62 Å². The Morgan fingerprint density at radius 2 is 1.93 bits per heavy atom. The van der Waals surface area contributed by atoms with Gasteiger partial charge in [0, 0.05) is 37.4 Å². The number of benzene rings is 1. The van der Waals surface area contributed by atoms with Gasteiger partial charge in [-0.15, -0.1) is 11.3 Å². The number of aliphatic hydroxyl groups is 1. The van der Waals surface area contributed by atoms with Crippen molar-refractivity contribution in [3.8, 4) is 5.75 Å². The van der Waals surface area contributed by atoms with Crippen molar-refractivity contribution in [3.63, 3.8) is 0 Å². The van der Waals surface area contributed by atoms with Crippen molar-refractivity contribution in [2.24, 2.45) is 0 Å². The molecule has 3 rings (SSSR count). The standard InChI is InChI=1S/C19H27N3O4S2/c1-19(2,14-23)20-12-16-13-21(28(25,26)18-4-3-11-27-18)9-10-22(16)15-5-7-17(24)8-6-15/h3-8,11,16,20,23-24H,9-10,12-14H2,1-2H3/t16-/m1/s1. The summed E-state index contributed by atoms with van der Waals surface area (Å²) in [4.78, 5) is 2.15. The number of sulfonamides is 1. The summed E-state index contributed by atoms with van der Waals surface area (Å²) >= 11 is 1.23. The molecule has 154 valence electrons. The van der Waals surface area contributed by atoms with Gasteiger partial charge in [0.1, 0.15) is 9.96 Å². The predicted molar refractivity (Wildman–Crippen MR) is 111 cm³/mol. The van der Waals surface area contributed by atoms with Gasteiger partial charge >= 0.3 is 0 Å². The van der Waals surface area contributed by atoms with Crippen LogP contribution < -0.4 is 10.2 Å². The maximum atomic E-state index is 13.0. The molecule has 1 aromatic heterocycles. The first kappa shape index (κ1) is 21.1. The highest BCUT2D eigenvalue weighted by Crippen LogP contribution is 2.27. The summed E-state index contributed by atoms with van der Waals surface area (Å²) in [6.45, 7) is 5.58. The van der Waals surface area contributed by atoms with Crippen LogP contribution in [0.2, 0.25) is 0 Å². The molecule has 2 aromatic rings. The maximum Gasteiger partial charge on any atom is 0.252 e. The van der Waals surface area contributed by atoms with Gasteiger partial charge in [0.25, 0.3) is 10.0 Å². The van der Waals surface area contributed by atoms with Gasteiger partial charge in [-0.05, 0) is 49.6 Å². The molecular formula is C19H27N3O4S2. The van der Waals surface area contributed by atoms with Crippen LogP contribution in [-0.2, 0) is 10.0 Å². The van der Waals surface area contributed by atoms with E-state index in [2.05, 4.69) is 10.2 Å². The van der Waals surface area contributed by atoms with Gasteiger partial charge in [-0.25, -0.2) is 8.42 Å². The van der Waals surface area contributed by atoms with Crippen LogP contribution in [0.3, 0.4) is 0 Å². The minimum Gasteiger partial charge on any atom is -0.508 e. The third kappa shape index (κ3) is 4.66. The smallest absolute Gasteiger partial charge is 0.252 e. The summed E-state index contributed by atoms with van der Waals surface area (Å²) in [5, 5.41) is 24.2. The number of phenolic OH excluding ortho intramolecular Hbond substituents is 1. The molecule has 7 nitrogen and oxygen atoms in total. The number of nitrogens with zero attached hydrogens (tertiary/aromatic N) is 2. The lowest BCUT2D eigenvalue weighted by Crippen LogP contribution is -2.60. The third-order valence-electron chi connectivity index (χ3n) is 4.93. The molecule has 1 fully saturated rings. The lowest BCUT2D eigenvalue weighted by atomic mass is 10.1. The molecule has 0 amide bonds. The number of anilines is 1. The topological polar surface area (TPSA) is 93.1 Å². The van der Waals surface area contributed by atoms with Crippen LogP contribution in [0.5, 0.6) is 5.75 Å². The highest BCUT2D eigenvalue weighted by Gasteiger charge is 2.35. The monoisotopic (exact) mass is 425 g/mol. The number of piperazine rings is 1. The fraction of sp³-hybridized carbons (Fsp3) is 0.474. The second-order valence-corrected chi connectivity index (χ2v) is 10.7. The predicted octanol–water partition coefficient (Wildman–Crippen LogP) is 1.69. The average molecular weight is 426 g/mol. The number of thiophene rings is 1. The molecule has 1 aromatic carbocycles. The molecule has 0 radical (unpaired) electrons. The molecule has 1 saturated heterocycles. The van der Waals surface area contributed by atoms with Crippen molar-refractivity contribution < 1.29 is 18.6 Å². The summed E-state index contributed by atoms with van der Waals surface area (Å²) in [7, 11) is -3.52. The highest BCUT2D eigenvalue weighted by atomic mass is 32.2. The van der Waals surface area contributed by atoms with Gasteiger partial charge in [0.2, 0.25) is 0 Å². The Bertz CT molecular complexity index is 867. The number of hydrogen-bond donors (Lipinski definition) is 3. The van der Waals surface area contributed by atoms with Crippen molar-refractivity contribution in [2.45, 2.75) is 29.6 Å². The van der Waals surface area contributed by atoms with Crippen molar-refractivity contribution in [3.05, 3.63) is 41.8 Å². The molecule has 2 heterocycles. The van der Waals surface area contributed by atoms with Crippen molar-refractivity contribution in [2.75, 3.05) is 37.7 Å². The minimum atomic E-state index is -3.52. The molecule has 1 aliphatic heterocycles. The lowest BCUT2D eigenvalue weighted by molar-refractivity contribution is 0.182. The van der Waals surface area contributed by atoms with Gasteiger partial charge in [-0.1, -0.05) is 6.07 Å². The van der Waals surface area contributed by atoms with E-state index in [0.717, 1.165) is 5.69 Å². The van der Waals surface area contributed by atoms with Gasteiger partial charge in [-0.3, -0.25) is 0 Å². The number of nitrogens with one attached hydrogen (secondary N) is 1. The van der Waals surface area contributed by atoms with Crippen molar-refractivity contribution >= 4 is 27.0 Å². The molecule has 0 spiro atoms. The molecule has 0 unspecified atom stereocenters. The van der Waals surface area contributed by atoms with E-state index < -0.39 is 15.6 Å². The Morgan fingerprint density at radius 1 is 1.21 bits per heavy atom. The van der Waals surface area contributed by atoms with Crippen LogP contribution in [0.25, 0.3) is 0 Å². The van der Waals surface area contributed by atoms with Crippen molar-refractivity contribution in [1.29, 1.82) is 0 Å². The van der Waals surface area contributed by atoms with Crippen LogP contribution in [-0.4, -0.2) is 67.3 Å². The van der Waals surface area contributed by atoms with E-state index in [1.54, 1.807) is 29.6 Å². The zero-order valence-corrected chi connectivity index (χ0v) is 17.7. The normalized spacial score (nSPS) is 19.1. The maximum absolute atomic E-state index is 13.0. The molecule has 1 atom stereocenters. The van der Waals surface area contributed by atoms with Crippen LogP contribution in [0.1, 0.15) is 13.8 Å². The minimum absolute atomic E-state index is 0.0177. The summed E-state index contributed by atoms with van der Waals surface area (Å²) in [6, 6.07) is 10.2. The van der Waals surface area contributed by atoms with E-state index >= 15 is 0 Å². The second-order valence-electron chi connectivity index (χ2n) is 7.58. The zero-order chi connectivity index (χ0) is 20.4. The SMILES string of the molecule is CC(C)(CO)NC[C@@H]1CN(S(=O)(=O)c2cccs2)CCN1c1ccc(O)cc1. The summed E-state index contributed by atoms with van der Waals surface area (Å²) in [5.41, 5.74) is 0.467. The van der Waals surface area contributed by atoms with Crippen LogP contribution in [0.4, 0.5) is 5.69 Å². The Kier molecular flexibility index (Phi) is 6.31. The number of phenols is 1. The summed E-state index contributed by atoms with van der Waals surface area (Å²) < 4.78 is 27.8. The first-order valence-electron chi connectivity index (χ1n) is 9.18. The number of aliphatic hydroxyl groups excluding tert-OH is 1. The van der Waals surface area contributed by atoms with E-state index in [9.17, 15) is 18.6 Å². The molecule has 0 saturated carbocycles. The number of aromatic hydroxyl groups is 1. The Labute approximate surface area is 170 Å². The van der Waals surface area contributed by atoms with E-state index in [1.165, 1.54) is 15.6 Å². The van der Waals surface area contributed by atoms with E-state index in [-0.39, 0.29) is 18.4 Å². The highest BCUT2D eigenvalue weighted by molar-refractivity contribution is 7.91. The largest absolute Gasteiger partial charge is 0.508 e. The van der Waals surface area contributed by atoms with Gasteiger partial charge in [0.15, 0.2) is 0 Å². The first-order chi connectivity index (χ1) is 13.2. The lowest BCUT2D eigenvalue weighted by Gasteiger charge is -2.43. The van der Waals surface area contributed by atoms with E-state index in [1.807, 2.05) is 26.0 Å².